The zero-order valence-electron chi connectivity index (χ0n) is 18.7. The average molecular weight is 494 g/mol. The molecule has 1 saturated carbocycles. The topological polar surface area (TPSA) is 111 Å². The molecular weight excluding hydrogens is 470 g/mol. The molecule has 10 heteroatoms. The Morgan fingerprint density at radius 2 is 2.00 bits per heavy atom. The zero-order valence-corrected chi connectivity index (χ0v) is 20.4. The lowest BCUT2D eigenvalue weighted by atomic mass is 10.0. The van der Waals surface area contributed by atoms with Gasteiger partial charge in [-0.15, -0.1) is 11.8 Å². The molecule has 0 spiro atoms. The Morgan fingerprint density at radius 1 is 1.21 bits per heavy atom. The van der Waals surface area contributed by atoms with E-state index in [1.54, 1.807) is 48.4 Å². The second-order valence-electron chi connectivity index (χ2n) is 8.99. The van der Waals surface area contributed by atoms with Gasteiger partial charge in [0.1, 0.15) is 11.3 Å². The maximum atomic E-state index is 13.6. The fraction of sp³-hybridized carbons (Fsp3) is 0.292. The second kappa shape index (κ2) is 7.44. The molecule has 6 rings (SSSR count). The Morgan fingerprint density at radius 3 is 2.76 bits per heavy atom. The number of aromatic nitrogens is 3. The highest BCUT2D eigenvalue weighted by atomic mass is 32.2. The second-order valence-corrected chi connectivity index (χ2v) is 12.3. The van der Waals surface area contributed by atoms with Crippen molar-refractivity contribution in [2.75, 3.05) is 18.5 Å². The van der Waals surface area contributed by atoms with Gasteiger partial charge in [-0.1, -0.05) is 6.07 Å². The number of imidazole rings is 1. The molecule has 0 saturated heterocycles. The first kappa shape index (κ1) is 21.4. The summed E-state index contributed by atoms with van der Waals surface area (Å²) in [5.41, 5.74) is 10.6. The van der Waals surface area contributed by atoms with E-state index in [9.17, 15) is 13.2 Å². The van der Waals surface area contributed by atoms with Crippen LogP contribution in [0.15, 0.2) is 52.6 Å². The van der Waals surface area contributed by atoms with Gasteiger partial charge in [-0.3, -0.25) is 9.20 Å². The summed E-state index contributed by atoms with van der Waals surface area (Å²) in [7, 11) is -1.44. The summed E-state index contributed by atoms with van der Waals surface area (Å²) >= 11 is 1.60. The number of benzene rings is 2. The van der Waals surface area contributed by atoms with Crippen molar-refractivity contribution in [2.24, 2.45) is 0 Å². The molecule has 2 aromatic carbocycles. The molecular formula is C24H23N5O3S2. The number of rotatable bonds is 4. The van der Waals surface area contributed by atoms with Crippen LogP contribution >= 0.6 is 11.8 Å². The van der Waals surface area contributed by atoms with Gasteiger partial charge in [-0.05, 0) is 55.2 Å². The molecule has 1 fully saturated rings. The molecule has 2 aromatic heterocycles. The number of aryl methyl sites for hydroxylation is 1. The van der Waals surface area contributed by atoms with Gasteiger partial charge in [0.25, 0.3) is 5.91 Å². The van der Waals surface area contributed by atoms with Crippen LogP contribution in [0, 0.1) is 6.92 Å². The van der Waals surface area contributed by atoms with Crippen molar-refractivity contribution in [3.05, 3.63) is 59.5 Å². The molecule has 8 nitrogen and oxygen atoms in total. The number of amides is 1. The van der Waals surface area contributed by atoms with Gasteiger partial charge in [-0.2, -0.15) is 0 Å². The number of nitrogen functional groups attached to an aromatic ring is 1. The monoisotopic (exact) mass is 493 g/mol. The minimum absolute atomic E-state index is 0.0994. The molecule has 0 bridgehead atoms. The van der Waals surface area contributed by atoms with Crippen LogP contribution in [0.4, 0.5) is 5.82 Å². The summed E-state index contributed by atoms with van der Waals surface area (Å²) in [6, 6.07) is 8.92. The lowest BCUT2D eigenvalue weighted by Crippen LogP contribution is -2.32. The third-order valence-electron chi connectivity index (χ3n) is 6.77. The molecule has 0 radical (unpaired) electrons. The number of nitrogens with two attached hydrogens (primary N) is 1. The van der Waals surface area contributed by atoms with Gasteiger partial charge in [0.05, 0.1) is 39.7 Å². The molecule has 174 valence electrons. The lowest BCUT2D eigenvalue weighted by molar-refractivity contribution is 0.0745. The van der Waals surface area contributed by atoms with Crippen LogP contribution in [0.3, 0.4) is 0 Å². The van der Waals surface area contributed by atoms with Crippen molar-refractivity contribution in [3.63, 3.8) is 0 Å². The number of thioether (sulfide) groups is 1. The molecule has 1 amide bonds. The largest absolute Gasteiger partial charge is 0.382 e. The predicted octanol–water partition coefficient (Wildman–Crippen LogP) is 3.63. The quantitative estimate of drug-likeness (QED) is 0.462. The summed E-state index contributed by atoms with van der Waals surface area (Å²) < 4.78 is 27.1. The summed E-state index contributed by atoms with van der Waals surface area (Å²) in [5, 5.41) is -0.236. The van der Waals surface area contributed by atoms with Crippen molar-refractivity contribution in [3.8, 4) is 0 Å². The van der Waals surface area contributed by atoms with Crippen LogP contribution < -0.4 is 5.73 Å². The van der Waals surface area contributed by atoms with E-state index in [0.717, 1.165) is 34.4 Å². The van der Waals surface area contributed by atoms with E-state index in [-0.39, 0.29) is 17.2 Å². The lowest BCUT2D eigenvalue weighted by Gasteiger charge is -2.26. The molecule has 34 heavy (non-hydrogen) atoms. The Labute approximate surface area is 201 Å². The molecule has 0 unspecified atom stereocenters. The minimum Gasteiger partial charge on any atom is -0.382 e. The van der Waals surface area contributed by atoms with E-state index in [0.29, 0.717) is 33.1 Å². The van der Waals surface area contributed by atoms with Crippen LogP contribution in [0.5, 0.6) is 0 Å². The van der Waals surface area contributed by atoms with E-state index in [1.807, 2.05) is 29.5 Å². The summed E-state index contributed by atoms with van der Waals surface area (Å²) in [5.74, 6) is 0.974. The first-order valence-corrected chi connectivity index (χ1v) is 13.6. The molecule has 1 atom stereocenters. The summed E-state index contributed by atoms with van der Waals surface area (Å²) in [6.45, 7) is 1.89. The van der Waals surface area contributed by atoms with Gasteiger partial charge >= 0.3 is 0 Å². The molecule has 1 aliphatic heterocycles. The first-order valence-electron chi connectivity index (χ1n) is 11.1. The van der Waals surface area contributed by atoms with Gasteiger partial charge in [0, 0.05) is 23.3 Å². The van der Waals surface area contributed by atoms with E-state index >= 15 is 0 Å². The third-order valence-corrected chi connectivity index (χ3v) is 10.2. The van der Waals surface area contributed by atoms with Crippen molar-refractivity contribution < 1.29 is 13.2 Å². The smallest absolute Gasteiger partial charge is 0.254 e. The number of fused-ring (bicyclic) bond motifs is 4. The predicted molar refractivity (Wildman–Crippen MR) is 132 cm³/mol. The van der Waals surface area contributed by atoms with Gasteiger partial charge in [-0.25, -0.2) is 18.4 Å². The summed E-state index contributed by atoms with van der Waals surface area (Å²) in [4.78, 5) is 25.3. The zero-order chi connectivity index (χ0) is 23.8. The maximum absolute atomic E-state index is 13.6. The van der Waals surface area contributed by atoms with Gasteiger partial charge < -0.3 is 10.6 Å². The van der Waals surface area contributed by atoms with Crippen molar-refractivity contribution >= 4 is 49.9 Å². The number of carbonyl (C=O) groups excluding carboxylic acids is 1. The molecule has 1 aliphatic carbocycles. The minimum atomic E-state index is -3.24. The first-order chi connectivity index (χ1) is 16.3. The number of hydrogen-bond donors (Lipinski definition) is 1. The number of hydrogen-bond acceptors (Lipinski definition) is 7. The normalized spacial score (nSPS) is 17.9. The van der Waals surface area contributed by atoms with Crippen LogP contribution in [-0.4, -0.2) is 51.6 Å². The van der Waals surface area contributed by atoms with E-state index in [1.165, 1.54) is 0 Å². The van der Waals surface area contributed by atoms with Crippen LogP contribution in [0.1, 0.15) is 40.4 Å². The highest BCUT2D eigenvalue weighted by Gasteiger charge is 2.38. The molecule has 2 aliphatic rings. The van der Waals surface area contributed by atoms with Crippen LogP contribution in [-0.2, 0) is 9.84 Å². The molecule has 4 aromatic rings. The fourth-order valence-corrected chi connectivity index (χ4v) is 7.71. The number of anilines is 1. The van der Waals surface area contributed by atoms with E-state index < -0.39 is 9.84 Å². The average Bonchev–Trinajstić information content (AvgIpc) is 3.41. The number of nitrogens with zero attached hydrogens (tertiary/aromatic N) is 4. The van der Waals surface area contributed by atoms with Crippen molar-refractivity contribution in [2.45, 2.75) is 40.8 Å². The van der Waals surface area contributed by atoms with Crippen molar-refractivity contribution in [1.82, 2.24) is 19.3 Å². The van der Waals surface area contributed by atoms with E-state index in [2.05, 4.69) is 9.97 Å². The fourth-order valence-electron chi connectivity index (χ4n) is 4.63. The number of carbonyl (C=O) groups is 1. The van der Waals surface area contributed by atoms with Gasteiger partial charge in [0.15, 0.2) is 9.84 Å². The Bertz CT molecular complexity index is 1610. The van der Waals surface area contributed by atoms with Crippen LogP contribution in [0.2, 0.25) is 0 Å². The Kier molecular flexibility index (Phi) is 4.69. The highest BCUT2D eigenvalue weighted by Crippen LogP contribution is 2.44. The molecule has 2 N–H and O–H groups in total. The highest BCUT2D eigenvalue weighted by molar-refractivity contribution is 7.99. The maximum Gasteiger partial charge on any atom is 0.254 e. The molecule has 3 heterocycles. The van der Waals surface area contributed by atoms with E-state index in [4.69, 9.17) is 5.73 Å². The third kappa shape index (κ3) is 3.19. The standard InChI is InChI=1S/C24H23N5O3S2/c1-13-7-18-19(29-12-26-10-20(29)23(25)27-18)9-17(13)24(30)28(2)21-11-33-22-8-15(5-6-16(21)22)34(31,32)14-3-4-14/h5-10,12,14,21H,3-4,11H2,1-2H3,(H2,25,27)/t21-/m1/s1. The SMILES string of the molecule is Cc1cc2nc(N)c3cncn3c2cc1C(=O)N(C)[C@@H]1CSc2cc(S(=O)(=O)C3CC3)ccc21. The Hall–Kier alpha value is -3.11. The Balaban J connectivity index is 1.35. The summed E-state index contributed by atoms with van der Waals surface area (Å²) in [6.07, 6.45) is 4.80. The van der Waals surface area contributed by atoms with Gasteiger partial charge in [0.2, 0.25) is 0 Å². The van der Waals surface area contributed by atoms with Crippen LogP contribution in [0.25, 0.3) is 16.6 Å². The number of sulfone groups is 1. The van der Waals surface area contributed by atoms with Crippen molar-refractivity contribution in [1.29, 1.82) is 0 Å².